The number of amides is 2. The molecule has 0 aromatic heterocycles. The van der Waals surface area contributed by atoms with Crippen LogP contribution in [-0.4, -0.2) is 42.8 Å². The monoisotopic (exact) mass is 320 g/mol. The van der Waals surface area contributed by atoms with Gasteiger partial charge in [0.05, 0.1) is 18.2 Å². The van der Waals surface area contributed by atoms with Crippen LogP contribution in [0.5, 0.6) is 0 Å². The van der Waals surface area contributed by atoms with Gasteiger partial charge in [0.2, 0.25) is 0 Å². The molecule has 0 saturated carbocycles. The Morgan fingerprint density at radius 3 is 2.50 bits per heavy atom. The number of hydrogen-bond donors (Lipinski definition) is 0. The van der Waals surface area contributed by atoms with Gasteiger partial charge in [0.25, 0.3) is 0 Å². The van der Waals surface area contributed by atoms with Gasteiger partial charge in [-0.2, -0.15) is 0 Å². The van der Waals surface area contributed by atoms with Crippen molar-refractivity contribution < 1.29 is 9.53 Å². The summed E-state index contributed by atoms with van der Waals surface area (Å²) in [7, 11) is 1.69. The molecule has 3 rings (SSSR count). The minimum Gasteiger partial charge on any atom is -0.375 e. The van der Waals surface area contributed by atoms with E-state index in [1.54, 1.807) is 7.11 Å². The molecule has 1 aliphatic heterocycles. The number of ether oxygens (including phenoxy) is 1. The summed E-state index contributed by atoms with van der Waals surface area (Å²) in [5, 5.41) is 0.669. The predicted octanol–water partition coefficient (Wildman–Crippen LogP) is 3.56. The van der Waals surface area contributed by atoms with Gasteiger partial charge in [-0.3, -0.25) is 4.90 Å². The molecule has 1 aromatic carbocycles. The molecule has 0 N–H and O–H groups in total. The summed E-state index contributed by atoms with van der Waals surface area (Å²) in [6.07, 6.45) is 4.08. The van der Waals surface area contributed by atoms with Crippen LogP contribution < -0.4 is 4.90 Å². The lowest BCUT2D eigenvalue weighted by Gasteiger charge is -2.28. The van der Waals surface area contributed by atoms with Crippen LogP contribution in [-0.2, 0) is 4.74 Å². The van der Waals surface area contributed by atoms with Crippen molar-refractivity contribution in [3.63, 3.8) is 0 Å². The molecule has 1 fully saturated rings. The Labute approximate surface area is 136 Å². The smallest absolute Gasteiger partial charge is 0.325 e. The Bertz CT molecular complexity index is 585. The van der Waals surface area contributed by atoms with Gasteiger partial charge in [0.15, 0.2) is 0 Å². The highest BCUT2D eigenvalue weighted by Gasteiger charge is 2.51. The van der Waals surface area contributed by atoms with E-state index in [-0.39, 0.29) is 24.2 Å². The summed E-state index contributed by atoms with van der Waals surface area (Å²) in [6, 6.07) is 7.51. The van der Waals surface area contributed by atoms with Crippen molar-refractivity contribution >= 4 is 23.3 Å². The molecule has 5 heteroatoms. The lowest BCUT2D eigenvalue weighted by molar-refractivity contribution is 0.0738. The van der Waals surface area contributed by atoms with E-state index in [9.17, 15) is 4.79 Å². The third-order valence-electron chi connectivity index (χ3n) is 4.23. The van der Waals surface area contributed by atoms with Crippen LogP contribution in [0.4, 0.5) is 10.5 Å². The average Bonchev–Trinajstić information content (AvgIpc) is 3.00. The molecule has 118 valence electrons. The molecule has 1 saturated heterocycles. The zero-order valence-electron chi connectivity index (χ0n) is 13.1. The fourth-order valence-corrected chi connectivity index (χ4v) is 3.46. The van der Waals surface area contributed by atoms with Gasteiger partial charge in [0, 0.05) is 24.4 Å². The maximum Gasteiger partial charge on any atom is 0.325 e. The highest BCUT2D eigenvalue weighted by Crippen LogP contribution is 2.36. The largest absolute Gasteiger partial charge is 0.375 e. The molecular weight excluding hydrogens is 300 g/mol. The summed E-state index contributed by atoms with van der Waals surface area (Å²) in [5.74, 6) is 0.410. The van der Waals surface area contributed by atoms with Gasteiger partial charge >= 0.3 is 6.03 Å². The molecule has 3 atom stereocenters. The van der Waals surface area contributed by atoms with E-state index in [1.165, 1.54) is 0 Å². The Morgan fingerprint density at radius 1 is 1.23 bits per heavy atom. The molecule has 2 aliphatic rings. The summed E-state index contributed by atoms with van der Waals surface area (Å²) < 4.78 is 5.56. The van der Waals surface area contributed by atoms with Gasteiger partial charge in [-0.25, -0.2) is 4.79 Å². The summed E-state index contributed by atoms with van der Waals surface area (Å²) >= 11 is 5.96. The van der Waals surface area contributed by atoms with Crippen molar-refractivity contribution in [3.05, 3.63) is 41.4 Å². The van der Waals surface area contributed by atoms with E-state index in [4.69, 9.17) is 16.3 Å². The van der Waals surface area contributed by atoms with Crippen LogP contribution >= 0.6 is 11.6 Å². The molecule has 0 radical (unpaired) electrons. The summed E-state index contributed by atoms with van der Waals surface area (Å²) in [5.41, 5.74) is 0.872. The van der Waals surface area contributed by atoms with Crippen LogP contribution in [0.2, 0.25) is 5.02 Å². The Kier molecular flexibility index (Phi) is 4.15. The van der Waals surface area contributed by atoms with E-state index < -0.39 is 0 Å². The number of halogens is 1. The SMILES string of the molecule is CO[C@H]1C=CC2[C@@H]1N(CC(C)C)C(=O)N2c1ccc(Cl)cc1. The van der Waals surface area contributed by atoms with Gasteiger partial charge in [0.1, 0.15) is 0 Å². The standard InChI is InChI=1S/C17H21ClN2O2/c1-11(2)10-19-16-14(8-9-15(16)22-3)20(17(19)21)13-6-4-12(18)5-7-13/h4-9,11,14-16H,10H2,1-3H3/t14?,15-,16-/m0/s1. The second-order valence-corrected chi connectivity index (χ2v) is 6.68. The quantitative estimate of drug-likeness (QED) is 0.795. The minimum absolute atomic E-state index is 0.0115. The highest BCUT2D eigenvalue weighted by molar-refractivity contribution is 6.30. The molecule has 1 aromatic rings. The van der Waals surface area contributed by atoms with Crippen molar-refractivity contribution in [2.24, 2.45) is 5.92 Å². The number of benzene rings is 1. The zero-order valence-corrected chi connectivity index (χ0v) is 13.8. The van der Waals surface area contributed by atoms with Crippen molar-refractivity contribution in [1.82, 2.24) is 4.90 Å². The summed E-state index contributed by atoms with van der Waals surface area (Å²) in [6.45, 7) is 4.97. The number of fused-ring (bicyclic) bond motifs is 1. The number of nitrogens with zero attached hydrogens (tertiary/aromatic N) is 2. The Morgan fingerprint density at radius 2 is 1.91 bits per heavy atom. The number of hydrogen-bond acceptors (Lipinski definition) is 2. The lowest BCUT2D eigenvalue weighted by Crippen LogP contribution is -2.44. The second-order valence-electron chi connectivity index (χ2n) is 6.24. The van der Waals surface area contributed by atoms with Crippen molar-refractivity contribution in [2.75, 3.05) is 18.6 Å². The molecule has 0 bridgehead atoms. The number of carbonyl (C=O) groups is 1. The van der Waals surface area contributed by atoms with E-state index >= 15 is 0 Å². The number of methoxy groups -OCH3 is 1. The first-order valence-electron chi connectivity index (χ1n) is 7.59. The van der Waals surface area contributed by atoms with E-state index in [2.05, 4.69) is 26.0 Å². The molecule has 0 spiro atoms. The van der Waals surface area contributed by atoms with Crippen LogP contribution in [0.3, 0.4) is 0 Å². The van der Waals surface area contributed by atoms with Crippen molar-refractivity contribution in [2.45, 2.75) is 32.0 Å². The first kappa shape index (κ1) is 15.4. The number of anilines is 1. The predicted molar refractivity (Wildman–Crippen MR) is 88.4 cm³/mol. The molecule has 4 nitrogen and oxygen atoms in total. The van der Waals surface area contributed by atoms with E-state index in [0.29, 0.717) is 10.9 Å². The van der Waals surface area contributed by atoms with Crippen LogP contribution in [0.1, 0.15) is 13.8 Å². The third kappa shape index (κ3) is 2.50. The van der Waals surface area contributed by atoms with Crippen molar-refractivity contribution in [3.8, 4) is 0 Å². The fourth-order valence-electron chi connectivity index (χ4n) is 3.33. The van der Waals surface area contributed by atoms with E-state index in [0.717, 1.165) is 12.2 Å². The number of rotatable bonds is 4. The fraction of sp³-hybridized carbons (Fsp3) is 0.471. The first-order chi connectivity index (χ1) is 10.5. The molecule has 22 heavy (non-hydrogen) atoms. The van der Waals surface area contributed by atoms with Gasteiger partial charge in [-0.15, -0.1) is 0 Å². The number of urea groups is 1. The molecular formula is C17H21ClN2O2. The van der Waals surface area contributed by atoms with Crippen LogP contribution in [0, 0.1) is 5.92 Å². The molecule has 1 aliphatic carbocycles. The highest BCUT2D eigenvalue weighted by atomic mass is 35.5. The zero-order chi connectivity index (χ0) is 15.9. The van der Waals surface area contributed by atoms with Gasteiger partial charge < -0.3 is 9.64 Å². The minimum atomic E-state index is -0.0509. The average molecular weight is 321 g/mol. The normalized spacial score (nSPS) is 27.1. The van der Waals surface area contributed by atoms with E-state index in [1.807, 2.05) is 34.1 Å². The Hall–Kier alpha value is -1.52. The molecule has 2 amide bonds. The van der Waals surface area contributed by atoms with Crippen molar-refractivity contribution in [1.29, 1.82) is 0 Å². The maximum atomic E-state index is 12.9. The second kappa shape index (κ2) is 5.94. The maximum absolute atomic E-state index is 12.9. The van der Waals surface area contributed by atoms with Crippen LogP contribution in [0.25, 0.3) is 0 Å². The molecule has 1 heterocycles. The number of carbonyl (C=O) groups excluding carboxylic acids is 1. The van der Waals surface area contributed by atoms with Gasteiger partial charge in [-0.1, -0.05) is 37.6 Å². The van der Waals surface area contributed by atoms with Crippen LogP contribution in [0.15, 0.2) is 36.4 Å². The summed E-state index contributed by atoms with van der Waals surface area (Å²) in [4.78, 5) is 16.7. The molecule has 1 unspecified atom stereocenters. The Balaban J connectivity index is 1.96. The van der Waals surface area contributed by atoms with Gasteiger partial charge in [-0.05, 0) is 30.2 Å². The first-order valence-corrected chi connectivity index (χ1v) is 7.97. The third-order valence-corrected chi connectivity index (χ3v) is 4.49. The lowest BCUT2D eigenvalue weighted by atomic mass is 10.1. The topological polar surface area (TPSA) is 32.8 Å².